The van der Waals surface area contributed by atoms with E-state index in [4.69, 9.17) is 0 Å². The average molecular weight is 324 g/mol. The number of nitrogens with one attached hydrogen (secondary N) is 2. The quantitative estimate of drug-likeness (QED) is 0.634. The van der Waals surface area contributed by atoms with Crippen LogP contribution in [0.5, 0.6) is 0 Å². The molecular formula is C20H28N4. The predicted molar refractivity (Wildman–Crippen MR) is 102 cm³/mol. The fraction of sp³-hybridized carbons (Fsp3) is 0.350. The molecule has 0 atom stereocenters. The molecule has 0 saturated heterocycles. The Balaban J connectivity index is 1.92. The summed E-state index contributed by atoms with van der Waals surface area (Å²) in [6, 6.07) is 17.0. The molecule has 2 aromatic rings. The van der Waals surface area contributed by atoms with Crippen LogP contribution in [0.1, 0.15) is 22.3 Å². The third kappa shape index (κ3) is 5.70. The van der Waals surface area contributed by atoms with Gasteiger partial charge in [-0.3, -0.25) is 4.99 Å². The van der Waals surface area contributed by atoms with E-state index >= 15 is 0 Å². The molecule has 0 spiro atoms. The second kappa shape index (κ2) is 9.08. The molecule has 0 saturated carbocycles. The molecule has 0 aliphatic heterocycles. The van der Waals surface area contributed by atoms with Gasteiger partial charge in [0, 0.05) is 26.7 Å². The Morgan fingerprint density at radius 3 is 2.33 bits per heavy atom. The van der Waals surface area contributed by atoms with Crippen LogP contribution in [-0.2, 0) is 19.6 Å². The fourth-order valence-corrected chi connectivity index (χ4v) is 2.63. The van der Waals surface area contributed by atoms with Crippen LogP contribution in [0.2, 0.25) is 0 Å². The number of hydrogen-bond donors (Lipinski definition) is 2. The molecule has 0 bridgehead atoms. The van der Waals surface area contributed by atoms with E-state index in [9.17, 15) is 0 Å². The number of guanidine groups is 1. The molecule has 24 heavy (non-hydrogen) atoms. The van der Waals surface area contributed by atoms with E-state index in [-0.39, 0.29) is 0 Å². The van der Waals surface area contributed by atoms with E-state index in [0.29, 0.717) is 0 Å². The van der Waals surface area contributed by atoms with E-state index in [2.05, 4.69) is 90.1 Å². The topological polar surface area (TPSA) is 39.7 Å². The van der Waals surface area contributed by atoms with Crippen LogP contribution in [0.4, 0.5) is 0 Å². The van der Waals surface area contributed by atoms with E-state index in [1.807, 2.05) is 0 Å². The minimum atomic E-state index is 0.761. The first-order chi connectivity index (χ1) is 11.6. The zero-order chi connectivity index (χ0) is 17.4. The van der Waals surface area contributed by atoms with Crippen molar-refractivity contribution < 1.29 is 0 Å². The molecule has 0 amide bonds. The third-order valence-electron chi connectivity index (χ3n) is 3.82. The Kier molecular flexibility index (Phi) is 6.82. The van der Waals surface area contributed by atoms with Crippen LogP contribution in [0, 0.1) is 6.92 Å². The first-order valence-electron chi connectivity index (χ1n) is 8.30. The van der Waals surface area contributed by atoms with Gasteiger partial charge in [0.1, 0.15) is 0 Å². The van der Waals surface area contributed by atoms with Crippen molar-refractivity contribution in [3.8, 4) is 0 Å². The summed E-state index contributed by atoms with van der Waals surface area (Å²) < 4.78 is 0. The van der Waals surface area contributed by atoms with Gasteiger partial charge in [0.05, 0.1) is 0 Å². The van der Waals surface area contributed by atoms with Crippen molar-refractivity contribution in [2.45, 2.75) is 26.6 Å². The average Bonchev–Trinajstić information content (AvgIpc) is 2.56. The fourth-order valence-electron chi connectivity index (χ4n) is 2.63. The molecule has 2 aromatic carbocycles. The predicted octanol–water partition coefficient (Wildman–Crippen LogP) is 2.92. The first kappa shape index (κ1) is 18.0. The molecule has 0 heterocycles. The Bertz CT molecular complexity index is 677. The van der Waals surface area contributed by atoms with Gasteiger partial charge in [-0.15, -0.1) is 0 Å². The lowest BCUT2D eigenvalue weighted by Gasteiger charge is -2.16. The Labute approximate surface area is 145 Å². The van der Waals surface area contributed by atoms with Crippen molar-refractivity contribution >= 4 is 5.96 Å². The standard InChI is InChI=1S/C20H28N4/c1-16-8-7-9-17(12-16)13-22-20(21-2)23-14-18-10-5-6-11-19(18)15-24(3)4/h5-12H,13-15H2,1-4H3,(H2,21,22,23). The van der Waals surface area contributed by atoms with Gasteiger partial charge in [-0.2, -0.15) is 0 Å². The minimum absolute atomic E-state index is 0.761. The van der Waals surface area contributed by atoms with Crippen molar-refractivity contribution in [2.24, 2.45) is 4.99 Å². The maximum absolute atomic E-state index is 4.32. The Morgan fingerprint density at radius 2 is 1.67 bits per heavy atom. The number of benzene rings is 2. The highest BCUT2D eigenvalue weighted by atomic mass is 15.2. The van der Waals surface area contributed by atoms with Gasteiger partial charge in [0.15, 0.2) is 5.96 Å². The van der Waals surface area contributed by atoms with Crippen molar-refractivity contribution in [3.05, 3.63) is 70.8 Å². The van der Waals surface area contributed by atoms with Crippen molar-refractivity contribution in [1.82, 2.24) is 15.5 Å². The molecule has 0 fully saturated rings. The summed E-state index contributed by atoms with van der Waals surface area (Å²) >= 11 is 0. The molecule has 128 valence electrons. The molecule has 0 unspecified atom stereocenters. The van der Waals surface area contributed by atoms with Crippen LogP contribution in [-0.4, -0.2) is 32.0 Å². The van der Waals surface area contributed by atoms with Crippen LogP contribution < -0.4 is 10.6 Å². The molecule has 4 nitrogen and oxygen atoms in total. The van der Waals surface area contributed by atoms with Gasteiger partial charge in [-0.05, 0) is 37.7 Å². The summed E-state index contributed by atoms with van der Waals surface area (Å²) in [5, 5.41) is 6.78. The monoisotopic (exact) mass is 324 g/mol. The van der Waals surface area contributed by atoms with Gasteiger partial charge >= 0.3 is 0 Å². The zero-order valence-electron chi connectivity index (χ0n) is 15.1. The summed E-state index contributed by atoms with van der Waals surface area (Å²) in [6.45, 7) is 4.57. The molecule has 4 heteroatoms. The normalized spacial score (nSPS) is 11.6. The Hall–Kier alpha value is -2.33. The van der Waals surface area contributed by atoms with Gasteiger partial charge in [0.2, 0.25) is 0 Å². The van der Waals surface area contributed by atoms with Gasteiger partial charge in [0.25, 0.3) is 0 Å². The zero-order valence-corrected chi connectivity index (χ0v) is 15.1. The van der Waals surface area contributed by atoms with Crippen LogP contribution >= 0.6 is 0 Å². The molecule has 0 aliphatic carbocycles. The lowest BCUT2D eigenvalue weighted by molar-refractivity contribution is 0.400. The first-order valence-corrected chi connectivity index (χ1v) is 8.30. The smallest absolute Gasteiger partial charge is 0.191 e. The summed E-state index contributed by atoms with van der Waals surface area (Å²) in [5.41, 5.74) is 5.16. The van der Waals surface area contributed by atoms with Crippen molar-refractivity contribution in [3.63, 3.8) is 0 Å². The van der Waals surface area contributed by atoms with Crippen LogP contribution in [0.15, 0.2) is 53.5 Å². The number of aliphatic imine (C=N–C) groups is 1. The molecule has 2 rings (SSSR count). The number of rotatable bonds is 6. The molecule has 0 aliphatic rings. The lowest BCUT2D eigenvalue weighted by atomic mass is 10.1. The molecule has 0 radical (unpaired) electrons. The second-order valence-corrected chi connectivity index (χ2v) is 6.27. The summed E-state index contributed by atoms with van der Waals surface area (Å²) in [7, 11) is 5.98. The third-order valence-corrected chi connectivity index (χ3v) is 3.82. The Morgan fingerprint density at radius 1 is 0.958 bits per heavy atom. The highest BCUT2D eigenvalue weighted by molar-refractivity contribution is 5.79. The molecular weight excluding hydrogens is 296 g/mol. The lowest BCUT2D eigenvalue weighted by Crippen LogP contribution is -2.36. The van der Waals surface area contributed by atoms with Crippen LogP contribution in [0.3, 0.4) is 0 Å². The van der Waals surface area contributed by atoms with Crippen molar-refractivity contribution in [1.29, 1.82) is 0 Å². The SMILES string of the molecule is CN=C(NCc1cccc(C)c1)NCc1ccccc1CN(C)C. The molecule has 0 aromatic heterocycles. The largest absolute Gasteiger partial charge is 0.352 e. The maximum Gasteiger partial charge on any atom is 0.191 e. The van der Waals surface area contributed by atoms with Crippen molar-refractivity contribution in [2.75, 3.05) is 21.1 Å². The van der Waals surface area contributed by atoms with E-state index in [1.165, 1.54) is 22.3 Å². The highest BCUT2D eigenvalue weighted by Crippen LogP contribution is 2.10. The maximum atomic E-state index is 4.32. The number of aryl methyl sites for hydroxylation is 1. The highest BCUT2D eigenvalue weighted by Gasteiger charge is 2.04. The van der Waals surface area contributed by atoms with E-state index in [1.54, 1.807) is 7.05 Å². The summed E-state index contributed by atoms with van der Waals surface area (Å²) in [5.74, 6) is 0.816. The summed E-state index contributed by atoms with van der Waals surface area (Å²) in [6.07, 6.45) is 0. The van der Waals surface area contributed by atoms with Gasteiger partial charge in [-0.1, -0.05) is 54.1 Å². The molecule has 2 N–H and O–H groups in total. The van der Waals surface area contributed by atoms with Crippen LogP contribution in [0.25, 0.3) is 0 Å². The van der Waals surface area contributed by atoms with E-state index < -0.39 is 0 Å². The van der Waals surface area contributed by atoms with E-state index in [0.717, 1.165) is 25.6 Å². The number of hydrogen-bond acceptors (Lipinski definition) is 2. The second-order valence-electron chi connectivity index (χ2n) is 6.27. The van der Waals surface area contributed by atoms with Gasteiger partial charge in [-0.25, -0.2) is 0 Å². The summed E-state index contributed by atoms with van der Waals surface area (Å²) in [4.78, 5) is 6.50. The number of nitrogens with zero attached hydrogens (tertiary/aromatic N) is 2. The van der Waals surface area contributed by atoms with Gasteiger partial charge < -0.3 is 15.5 Å². The minimum Gasteiger partial charge on any atom is -0.352 e.